The normalized spacial score (nSPS) is 12.5. The van der Waals surface area contributed by atoms with E-state index in [0.717, 1.165) is 6.26 Å². The number of sulfone groups is 1. The first-order chi connectivity index (χ1) is 10.2. The molecule has 0 fully saturated rings. The Bertz CT molecular complexity index is 877. The molecule has 2 aromatic rings. The Hall–Kier alpha value is -1.49. The van der Waals surface area contributed by atoms with Crippen LogP contribution in [-0.2, 0) is 32.2 Å². The van der Waals surface area contributed by atoms with Gasteiger partial charge in [-0.1, -0.05) is 28.8 Å². The van der Waals surface area contributed by atoms with E-state index in [9.17, 15) is 16.8 Å². The Morgan fingerprint density at radius 2 is 1.95 bits per heavy atom. The molecule has 0 atom stereocenters. The molecule has 0 spiro atoms. The topological polar surface area (TPSA) is 119 Å². The molecule has 0 bridgehead atoms. The van der Waals surface area contributed by atoms with E-state index in [2.05, 4.69) is 14.9 Å². The second-order valence-electron chi connectivity index (χ2n) is 4.44. The van der Waals surface area contributed by atoms with Crippen LogP contribution in [0.4, 0.5) is 0 Å². The van der Waals surface area contributed by atoms with Crippen molar-refractivity contribution in [1.82, 2.24) is 14.9 Å². The Kier molecular flexibility index (Phi) is 4.85. The van der Waals surface area contributed by atoms with Crippen molar-refractivity contribution in [3.63, 3.8) is 0 Å². The average Bonchev–Trinajstić information content (AvgIpc) is 2.84. The molecule has 1 aromatic carbocycles. The van der Waals surface area contributed by atoms with Crippen LogP contribution >= 0.6 is 11.6 Å². The third-order valence-electron chi connectivity index (χ3n) is 2.45. The Morgan fingerprint density at radius 3 is 2.55 bits per heavy atom. The highest BCUT2D eigenvalue weighted by Crippen LogP contribution is 2.13. The van der Waals surface area contributed by atoms with E-state index in [-0.39, 0.29) is 18.2 Å². The van der Waals surface area contributed by atoms with Crippen LogP contribution in [0.15, 0.2) is 33.9 Å². The number of rotatable bonds is 6. The van der Waals surface area contributed by atoms with E-state index >= 15 is 0 Å². The second kappa shape index (κ2) is 6.32. The molecule has 2 rings (SSSR count). The van der Waals surface area contributed by atoms with Gasteiger partial charge in [0.25, 0.3) is 0 Å². The summed E-state index contributed by atoms with van der Waals surface area (Å²) in [4.78, 5) is 0. The highest BCUT2D eigenvalue weighted by Gasteiger charge is 2.18. The predicted molar refractivity (Wildman–Crippen MR) is 78.3 cm³/mol. The molecular formula is C11H12ClN3O5S2. The molecule has 0 aliphatic carbocycles. The van der Waals surface area contributed by atoms with Crippen LogP contribution in [-0.4, -0.2) is 33.3 Å². The van der Waals surface area contributed by atoms with Gasteiger partial charge in [-0.15, -0.1) is 5.10 Å². The number of benzene rings is 1. The molecule has 0 unspecified atom stereocenters. The number of hydrogen-bond acceptors (Lipinski definition) is 7. The predicted octanol–water partition coefficient (Wildman–Crippen LogP) is 0.746. The van der Waals surface area contributed by atoms with Crippen molar-refractivity contribution in [3.05, 3.63) is 40.7 Å². The van der Waals surface area contributed by atoms with Crippen molar-refractivity contribution >= 4 is 31.5 Å². The van der Waals surface area contributed by atoms with Gasteiger partial charge in [0.05, 0.1) is 12.3 Å². The zero-order valence-corrected chi connectivity index (χ0v) is 13.7. The molecule has 1 heterocycles. The molecule has 22 heavy (non-hydrogen) atoms. The van der Waals surface area contributed by atoms with E-state index in [4.69, 9.17) is 16.0 Å². The van der Waals surface area contributed by atoms with Crippen LogP contribution in [0.1, 0.15) is 11.5 Å². The maximum absolute atomic E-state index is 11.9. The van der Waals surface area contributed by atoms with E-state index in [1.165, 1.54) is 6.07 Å². The number of aromatic nitrogens is 2. The van der Waals surface area contributed by atoms with Crippen molar-refractivity contribution in [2.75, 3.05) is 6.26 Å². The number of hydrogen-bond donors (Lipinski definition) is 1. The van der Waals surface area contributed by atoms with Crippen LogP contribution in [0.5, 0.6) is 0 Å². The molecule has 0 radical (unpaired) electrons. The summed E-state index contributed by atoms with van der Waals surface area (Å²) in [5.41, 5.74) is 0.516. The van der Waals surface area contributed by atoms with Crippen molar-refractivity contribution in [2.24, 2.45) is 0 Å². The first-order valence-corrected chi connectivity index (χ1v) is 9.82. The molecule has 11 heteroatoms. The number of halogens is 1. The summed E-state index contributed by atoms with van der Waals surface area (Å²) < 4.78 is 53.3. The third kappa shape index (κ3) is 4.77. The Labute approximate surface area is 132 Å². The molecule has 8 nitrogen and oxygen atoms in total. The largest absolute Gasteiger partial charge is 0.411 e. The molecule has 0 aliphatic heterocycles. The van der Waals surface area contributed by atoms with Gasteiger partial charge in [0.2, 0.25) is 25.8 Å². The fraction of sp³-hybridized carbons (Fsp3) is 0.273. The fourth-order valence-corrected chi connectivity index (χ4v) is 3.24. The molecule has 0 saturated carbocycles. The fourth-order valence-electron chi connectivity index (χ4n) is 1.53. The van der Waals surface area contributed by atoms with Crippen LogP contribution in [0.2, 0.25) is 5.02 Å². The minimum absolute atomic E-state index is 0.143. The molecule has 0 aliphatic rings. The van der Waals surface area contributed by atoms with Crippen molar-refractivity contribution in [2.45, 2.75) is 17.5 Å². The molecule has 1 aromatic heterocycles. The van der Waals surface area contributed by atoms with Crippen LogP contribution in [0.3, 0.4) is 0 Å². The highest BCUT2D eigenvalue weighted by atomic mass is 35.5. The number of nitrogens with zero attached hydrogens (tertiary/aromatic N) is 2. The van der Waals surface area contributed by atoms with Gasteiger partial charge in [0, 0.05) is 11.3 Å². The average molecular weight is 366 g/mol. The van der Waals surface area contributed by atoms with Gasteiger partial charge in [-0.3, -0.25) is 0 Å². The second-order valence-corrected chi connectivity index (χ2v) is 8.58. The smallest absolute Gasteiger partial charge is 0.335 e. The van der Waals surface area contributed by atoms with Crippen LogP contribution in [0.25, 0.3) is 0 Å². The van der Waals surface area contributed by atoms with E-state index < -0.39 is 25.1 Å². The SMILES string of the molecule is CS(=O)(=O)c1nnc(CNS(=O)(=O)Cc2cccc(Cl)c2)o1. The summed E-state index contributed by atoms with van der Waals surface area (Å²) in [7, 11) is -7.28. The van der Waals surface area contributed by atoms with Crippen molar-refractivity contribution < 1.29 is 21.3 Å². The maximum atomic E-state index is 11.9. The van der Waals surface area contributed by atoms with Gasteiger partial charge in [0.15, 0.2) is 0 Å². The van der Waals surface area contributed by atoms with Gasteiger partial charge in [0.1, 0.15) is 0 Å². The summed E-state index contributed by atoms with van der Waals surface area (Å²) in [6.45, 7) is -0.300. The van der Waals surface area contributed by atoms with E-state index in [1.54, 1.807) is 18.2 Å². The molecule has 0 amide bonds. The summed E-state index contributed by atoms with van der Waals surface area (Å²) in [5.74, 6) is -0.421. The van der Waals surface area contributed by atoms with Crippen LogP contribution in [0, 0.1) is 0 Å². The van der Waals surface area contributed by atoms with E-state index in [0.29, 0.717) is 10.6 Å². The van der Waals surface area contributed by atoms with Gasteiger partial charge < -0.3 is 4.42 Å². The minimum Gasteiger partial charge on any atom is -0.411 e. The van der Waals surface area contributed by atoms with Crippen molar-refractivity contribution in [3.8, 4) is 0 Å². The Morgan fingerprint density at radius 1 is 1.23 bits per heavy atom. The lowest BCUT2D eigenvalue weighted by atomic mass is 10.2. The van der Waals surface area contributed by atoms with Gasteiger partial charge in [-0.25, -0.2) is 21.6 Å². The Balaban J connectivity index is 2.02. The lowest BCUT2D eigenvalue weighted by molar-refractivity contribution is 0.394. The van der Waals surface area contributed by atoms with Gasteiger partial charge in [-0.2, -0.15) is 0 Å². The lowest BCUT2D eigenvalue weighted by Crippen LogP contribution is -2.24. The summed E-state index contributed by atoms with van der Waals surface area (Å²) in [6, 6.07) is 6.44. The third-order valence-corrected chi connectivity index (χ3v) is 4.79. The number of sulfonamides is 1. The maximum Gasteiger partial charge on any atom is 0.335 e. The quantitative estimate of drug-likeness (QED) is 0.801. The molecule has 120 valence electrons. The first-order valence-electron chi connectivity index (χ1n) is 5.90. The molecule has 1 N–H and O–H groups in total. The number of nitrogens with one attached hydrogen (secondary N) is 1. The monoisotopic (exact) mass is 365 g/mol. The minimum atomic E-state index is -3.66. The summed E-state index contributed by atoms with van der Waals surface area (Å²) in [6.07, 6.45) is 0.910. The standard InChI is InChI=1S/C11H12ClN3O5S2/c1-21(16,17)11-15-14-10(20-11)6-13-22(18,19)7-8-3-2-4-9(12)5-8/h2-5,13H,6-7H2,1H3. The van der Waals surface area contributed by atoms with Gasteiger partial charge >= 0.3 is 5.22 Å². The molecule has 0 saturated heterocycles. The lowest BCUT2D eigenvalue weighted by Gasteiger charge is -2.05. The zero-order valence-electron chi connectivity index (χ0n) is 11.4. The van der Waals surface area contributed by atoms with E-state index in [1.807, 2.05) is 0 Å². The first kappa shape index (κ1) is 16.9. The van der Waals surface area contributed by atoms with Crippen LogP contribution < -0.4 is 4.72 Å². The highest BCUT2D eigenvalue weighted by molar-refractivity contribution is 7.90. The molecular weight excluding hydrogens is 354 g/mol. The van der Waals surface area contributed by atoms with Crippen molar-refractivity contribution in [1.29, 1.82) is 0 Å². The zero-order chi connectivity index (χ0) is 16.4. The van der Waals surface area contributed by atoms with Gasteiger partial charge in [-0.05, 0) is 17.7 Å². The summed E-state index contributed by atoms with van der Waals surface area (Å²) >= 11 is 5.79. The summed E-state index contributed by atoms with van der Waals surface area (Å²) in [5, 5.41) is 6.66.